The predicted molar refractivity (Wildman–Crippen MR) is 43.6 cm³/mol. The third kappa shape index (κ3) is 5.89. The van der Waals surface area contributed by atoms with E-state index < -0.39 is 5.97 Å². The highest BCUT2D eigenvalue weighted by molar-refractivity contribution is 5.68. The minimum Gasteiger partial charge on any atom is -0.247 e. The summed E-state index contributed by atoms with van der Waals surface area (Å²) < 4.78 is 0. The predicted octanol–water partition coefficient (Wildman–Crippen LogP) is 2.55. The number of hydrogen-bond acceptors (Lipinski definition) is 1. The molecule has 0 amide bonds. The first-order valence-electron chi connectivity index (χ1n) is 4.39. The molecule has 11 heavy (non-hydrogen) atoms. The van der Waals surface area contributed by atoms with Crippen LogP contribution in [0.15, 0.2) is 0 Å². The van der Waals surface area contributed by atoms with Crippen molar-refractivity contribution in [3.63, 3.8) is 0 Å². The van der Waals surface area contributed by atoms with Gasteiger partial charge >= 0.3 is 5.97 Å². The maximum Gasteiger partial charge on any atom is 0.358 e. The molecule has 0 aliphatic carbocycles. The van der Waals surface area contributed by atoms with Crippen molar-refractivity contribution in [2.24, 2.45) is 5.92 Å². The Bertz CT molecular complexity index is 110. The first-order valence-corrected chi connectivity index (χ1v) is 4.39. The molecule has 0 N–H and O–H groups in total. The van der Waals surface area contributed by atoms with Gasteiger partial charge in [-0.2, -0.15) is 0 Å². The van der Waals surface area contributed by atoms with Gasteiger partial charge in [-0.15, -0.1) is 0 Å². The number of carbonyl (C=O) groups is 1. The highest BCUT2D eigenvalue weighted by Crippen LogP contribution is 2.10. The highest BCUT2D eigenvalue weighted by atomic mass is 16.4. The summed E-state index contributed by atoms with van der Waals surface area (Å²) >= 11 is 0. The van der Waals surface area contributed by atoms with Gasteiger partial charge in [0.15, 0.2) is 0 Å². The van der Waals surface area contributed by atoms with Crippen molar-refractivity contribution in [2.45, 2.75) is 46.0 Å². The van der Waals surface area contributed by atoms with Crippen molar-refractivity contribution in [3.8, 4) is 0 Å². The fourth-order valence-electron chi connectivity index (χ4n) is 0.995. The van der Waals surface area contributed by atoms with Crippen LogP contribution in [-0.2, 0) is 9.90 Å². The van der Waals surface area contributed by atoms with Gasteiger partial charge in [-0.1, -0.05) is 39.5 Å². The second-order valence-corrected chi connectivity index (χ2v) is 3.07. The minimum atomic E-state index is -0.915. The van der Waals surface area contributed by atoms with Gasteiger partial charge in [0.25, 0.3) is 0 Å². The molecule has 0 aromatic carbocycles. The number of rotatable bonds is 6. The molecule has 65 valence electrons. The summed E-state index contributed by atoms with van der Waals surface area (Å²) in [7, 11) is 0. The van der Waals surface area contributed by atoms with E-state index in [2.05, 4.69) is 6.92 Å². The monoisotopic (exact) mass is 157 g/mol. The Morgan fingerprint density at radius 1 is 1.27 bits per heavy atom. The van der Waals surface area contributed by atoms with E-state index in [4.69, 9.17) is 0 Å². The summed E-state index contributed by atoms with van der Waals surface area (Å²) in [6, 6.07) is 0. The second-order valence-electron chi connectivity index (χ2n) is 3.07. The molecule has 2 heteroatoms. The second kappa shape index (κ2) is 6.20. The summed E-state index contributed by atoms with van der Waals surface area (Å²) in [6.07, 6.45) is 5.33. The molecular formula is C9H17O2. The third-order valence-electron chi connectivity index (χ3n) is 1.89. The molecule has 1 radical (unpaired) electrons. The Kier molecular flexibility index (Phi) is 5.90. The molecule has 0 heterocycles. The van der Waals surface area contributed by atoms with Gasteiger partial charge in [0.2, 0.25) is 0 Å². The van der Waals surface area contributed by atoms with Gasteiger partial charge in [-0.05, 0) is 6.42 Å². The van der Waals surface area contributed by atoms with E-state index in [1.165, 1.54) is 12.8 Å². The quantitative estimate of drug-likeness (QED) is 0.546. The van der Waals surface area contributed by atoms with Crippen molar-refractivity contribution in [1.29, 1.82) is 0 Å². The van der Waals surface area contributed by atoms with E-state index in [1.54, 1.807) is 6.92 Å². The van der Waals surface area contributed by atoms with Crippen molar-refractivity contribution in [2.75, 3.05) is 0 Å². The van der Waals surface area contributed by atoms with Crippen LogP contribution < -0.4 is 0 Å². The van der Waals surface area contributed by atoms with Crippen LogP contribution in [0.3, 0.4) is 0 Å². The maximum absolute atomic E-state index is 10.3. The van der Waals surface area contributed by atoms with E-state index in [1.807, 2.05) is 0 Å². The number of unbranched alkanes of at least 4 members (excludes halogenated alkanes) is 3. The van der Waals surface area contributed by atoms with E-state index in [-0.39, 0.29) is 5.92 Å². The zero-order valence-corrected chi connectivity index (χ0v) is 7.43. The summed E-state index contributed by atoms with van der Waals surface area (Å²) in [6.45, 7) is 3.85. The Morgan fingerprint density at radius 3 is 2.36 bits per heavy atom. The van der Waals surface area contributed by atoms with Crippen LogP contribution in [0.25, 0.3) is 0 Å². The zero-order valence-electron chi connectivity index (χ0n) is 7.43. The molecule has 0 saturated carbocycles. The average molecular weight is 157 g/mol. The maximum atomic E-state index is 10.3. The summed E-state index contributed by atoms with van der Waals surface area (Å²) in [4.78, 5) is 10.3. The van der Waals surface area contributed by atoms with Crippen LogP contribution in [0.4, 0.5) is 0 Å². The normalized spacial score (nSPS) is 12.9. The first-order chi connectivity index (χ1) is 5.18. The van der Waals surface area contributed by atoms with Crippen LogP contribution in [0, 0.1) is 5.92 Å². The van der Waals surface area contributed by atoms with Crippen LogP contribution in [0.2, 0.25) is 0 Å². The van der Waals surface area contributed by atoms with Crippen molar-refractivity contribution < 1.29 is 9.90 Å². The number of carbonyl (C=O) groups excluding carboxylic acids is 1. The largest absolute Gasteiger partial charge is 0.358 e. The lowest BCUT2D eigenvalue weighted by Crippen LogP contribution is -2.07. The standard InChI is InChI=1S/C9H17O2/c1-3-4-5-6-7-8(2)9(10)11/h8H,3-7H2,1-2H3. The minimum absolute atomic E-state index is 0.271. The summed E-state index contributed by atoms with van der Waals surface area (Å²) in [5.41, 5.74) is 0. The van der Waals surface area contributed by atoms with Gasteiger partial charge < -0.3 is 0 Å². The number of hydrogen-bond donors (Lipinski definition) is 0. The molecule has 0 aromatic heterocycles. The molecule has 2 nitrogen and oxygen atoms in total. The Morgan fingerprint density at radius 2 is 1.91 bits per heavy atom. The molecule has 0 bridgehead atoms. The van der Waals surface area contributed by atoms with Crippen molar-refractivity contribution in [3.05, 3.63) is 0 Å². The topological polar surface area (TPSA) is 37.0 Å². The lowest BCUT2D eigenvalue weighted by Gasteiger charge is -2.02. The molecule has 0 aliphatic rings. The molecule has 0 spiro atoms. The molecule has 0 aromatic rings. The van der Waals surface area contributed by atoms with Gasteiger partial charge in [-0.3, -0.25) is 0 Å². The SMILES string of the molecule is CCCCCCC(C)C([O])=O. The van der Waals surface area contributed by atoms with E-state index in [0.29, 0.717) is 0 Å². The molecule has 0 aliphatic heterocycles. The third-order valence-corrected chi connectivity index (χ3v) is 1.89. The van der Waals surface area contributed by atoms with Crippen LogP contribution in [-0.4, -0.2) is 5.97 Å². The highest BCUT2D eigenvalue weighted by Gasteiger charge is 2.11. The lowest BCUT2D eigenvalue weighted by molar-refractivity contribution is -0.147. The van der Waals surface area contributed by atoms with Crippen molar-refractivity contribution >= 4 is 5.97 Å². The summed E-state index contributed by atoms with van der Waals surface area (Å²) in [5.74, 6) is -1.19. The Hall–Kier alpha value is -0.530. The Labute approximate surface area is 68.6 Å². The molecule has 0 saturated heterocycles. The zero-order chi connectivity index (χ0) is 8.69. The fourth-order valence-corrected chi connectivity index (χ4v) is 0.995. The van der Waals surface area contributed by atoms with Crippen LogP contribution in [0.1, 0.15) is 46.0 Å². The molecular weight excluding hydrogens is 140 g/mol. The molecule has 1 atom stereocenters. The Balaban J connectivity index is 3.17. The molecule has 0 rings (SSSR count). The van der Waals surface area contributed by atoms with E-state index in [9.17, 15) is 9.90 Å². The van der Waals surface area contributed by atoms with E-state index in [0.717, 1.165) is 19.3 Å². The van der Waals surface area contributed by atoms with Crippen LogP contribution >= 0.6 is 0 Å². The van der Waals surface area contributed by atoms with Gasteiger partial charge in [0.1, 0.15) is 0 Å². The summed E-state index contributed by atoms with van der Waals surface area (Å²) in [5, 5.41) is 10.3. The molecule has 1 unspecified atom stereocenters. The smallest absolute Gasteiger partial charge is 0.247 e. The first kappa shape index (κ1) is 10.5. The van der Waals surface area contributed by atoms with E-state index >= 15 is 0 Å². The van der Waals surface area contributed by atoms with Crippen LogP contribution in [0.5, 0.6) is 0 Å². The van der Waals surface area contributed by atoms with Gasteiger partial charge in [0, 0.05) is 0 Å². The van der Waals surface area contributed by atoms with Gasteiger partial charge in [-0.25, -0.2) is 9.90 Å². The van der Waals surface area contributed by atoms with Crippen molar-refractivity contribution in [1.82, 2.24) is 0 Å². The average Bonchev–Trinajstić information content (AvgIpc) is 1.97. The lowest BCUT2D eigenvalue weighted by atomic mass is 10.0. The van der Waals surface area contributed by atoms with Gasteiger partial charge in [0.05, 0.1) is 5.92 Å². The fraction of sp³-hybridized carbons (Fsp3) is 0.889. The molecule has 0 fully saturated rings.